The van der Waals surface area contributed by atoms with E-state index in [-0.39, 0.29) is 5.82 Å². The van der Waals surface area contributed by atoms with Crippen molar-refractivity contribution in [3.63, 3.8) is 0 Å². The molecule has 11 nitrogen and oxygen atoms in total. The number of aromatic nitrogens is 6. The van der Waals surface area contributed by atoms with Crippen LogP contribution in [0.3, 0.4) is 0 Å². The lowest BCUT2D eigenvalue weighted by Crippen LogP contribution is -2.32. The van der Waals surface area contributed by atoms with E-state index in [1.165, 1.54) is 40.3 Å². The van der Waals surface area contributed by atoms with E-state index in [2.05, 4.69) is 25.1 Å². The molecule has 1 aliphatic heterocycles. The van der Waals surface area contributed by atoms with Gasteiger partial charge in [-0.25, -0.2) is 15.0 Å². The smallest absolute Gasteiger partial charge is 0.203 e. The van der Waals surface area contributed by atoms with E-state index in [0.717, 1.165) is 0 Å². The molecule has 1 fully saturated rings. The SMILES string of the molecule is Nc1nnc(SC[C@H]2O[C@@H](n3cnc4c(N)ncnc43)[C@H](O)[C@@H]2O)s1. The predicted molar refractivity (Wildman–Crippen MR) is 90.7 cm³/mol. The van der Waals surface area contributed by atoms with Gasteiger partial charge in [-0.3, -0.25) is 4.57 Å². The Hall–Kier alpha value is -2.06. The third-order valence-corrected chi connectivity index (χ3v) is 5.77. The first-order chi connectivity index (χ1) is 12.0. The van der Waals surface area contributed by atoms with Crippen molar-refractivity contribution < 1.29 is 14.9 Å². The lowest BCUT2D eigenvalue weighted by Gasteiger charge is -2.16. The summed E-state index contributed by atoms with van der Waals surface area (Å²) in [6, 6.07) is 0. The zero-order valence-corrected chi connectivity index (χ0v) is 14.3. The molecule has 0 aromatic carbocycles. The molecule has 3 aromatic heterocycles. The van der Waals surface area contributed by atoms with Gasteiger partial charge in [0.25, 0.3) is 0 Å². The van der Waals surface area contributed by atoms with E-state index in [4.69, 9.17) is 16.2 Å². The third kappa shape index (κ3) is 2.89. The van der Waals surface area contributed by atoms with Gasteiger partial charge >= 0.3 is 0 Å². The van der Waals surface area contributed by atoms with Gasteiger partial charge in [-0.1, -0.05) is 23.1 Å². The Morgan fingerprint density at radius 1 is 1.20 bits per heavy atom. The molecule has 0 unspecified atom stereocenters. The molecule has 6 N–H and O–H groups in total. The van der Waals surface area contributed by atoms with Crippen LogP contribution in [0.1, 0.15) is 6.23 Å². The standard InChI is InChI=1S/C12H14N8O3S2/c13-8-5-9(16-2-15-8)20(3-17-5)10-7(22)6(21)4(23-10)1-24-12-19-18-11(14)25-12/h2-4,6-7,10,21-22H,1H2,(H2,14,18)(H2,13,15,16)/t4-,6-,7-,10-/m1/s1. The molecule has 4 atom stereocenters. The van der Waals surface area contributed by atoms with Crippen LogP contribution in [-0.4, -0.2) is 64.0 Å². The summed E-state index contributed by atoms with van der Waals surface area (Å²) in [7, 11) is 0. The van der Waals surface area contributed by atoms with Crippen molar-refractivity contribution in [3.05, 3.63) is 12.7 Å². The highest BCUT2D eigenvalue weighted by Crippen LogP contribution is 2.35. The number of fused-ring (bicyclic) bond motifs is 1. The largest absolute Gasteiger partial charge is 0.387 e. The van der Waals surface area contributed by atoms with E-state index >= 15 is 0 Å². The molecule has 0 radical (unpaired) electrons. The zero-order chi connectivity index (χ0) is 17.6. The predicted octanol–water partition coefficient (Wildman–Crippen LogP) is -0.746. The molecule has 0 saturated carbocycles. The van der Waals surface area contributed by atoms with Crippen molar-refractivity contribution in [3.8, 4) is 0 Å². The van der Waals surface area contributed by atoms with Gasteiger partial charge in [-0.05, 0) is 0 Å². The van der Waals surface area contributed by atoms with Crippen LogP contribution in [0.15, 0.2) is 17.0 Å². The normalized spacial score (nSPS) is 26.5. The third-order valence-electron chi connectivity index (χ3n) is 3.79. The molecule has 4 rings (SSSR count). The lowest BCUT2D eigenvalue weighted by molar-refractivity contribution is -0.0289. The Bertz CT molecular complexity index is 902. The number of hydrogen-bond acceptors (Lipinski definition) is 12. The van der Waals surface area contributed by atoms with Crippen molar-refractivity contribution in [1.82, 2.24) is 29.7 Å². The summed E-state index contributed by atoms with van der Waals surface area (Å²) in [6.07, 6.45) is -0.887. The van der Waals surface area contributed by atoms with Crippen LogP contribution in [0, 0.1) is 0 Å². The maximum atomic E-state index is 10.4. The van der Waals surface area contributed by atoms with E-state index in [0.29, 0.717) is 26.4 Å². The van der Waals surface area contributed by atoms with Crippen molar-refractivity contribution in [2.75, 3.05) is 17.2 Å². The number of aliphatic hydroxyl groups excluding tert-OH is 2. The molecule has 0 aliphatic carbocycles. The number of thioether (sulfide) groups is 1. The highest BCUT2D eigenvalue weighted by atomic mass is 32.2. The van der Waals surface area contributed by atoms with Gasteiger partial charge in [0.1, 0.15) is 24.1 Å². The number of aliphatic hydroxyl groups is 2. The van der Waals surface area contributed by atoms with Crippen LogP contribution < -0.4 is 11.5 Å². The number of hydrogen-bond donors (Lipinski definition) is 4. The average Bonchev–Trinajstić information content (AvgIpc) is 3.27. The quantitative estimate of drug-likeness (QED) is 0.418. The highest BCUT2D eigenvalue weighted by molar-refractivity contribution is 8.01. The molecule has 3 aromatic rings. The summed E-state index contributed by atoms with van der Waals surface area (Å²) in [5.41, 5.74) is 12.1. The second-order valence-electron chi connectivity index (χ2n) is 5.35. The van der Waals surface area contributed by atoms with Gasteiger partial charge in [0, 0.05) is 5.75 Å². The molecule has 1 aliphatic rings. The van der Waals surface area contributed by atoms with E-state index in [1.54, 1.807) is 0 Å². The molecular formula is C12H14N8O3S2. The first-order valence-corrected chi connectivity index (χ1v) is 9.01. The molecule has 0 bridgehead atoms. The molecule has 4 heterocycles. The molecular weight excluding hydrogens is 368 g/mol. The van der Waals surface area contributed by atoms with Gasteiger partial charge in [-0.2, -0.15) is 0 Å². The average molecular weight is 382 g/mol. The van der Waals surface area contributed by atoms with Gasteiger partial charge < -0.3 is 26.4 Å². The molecule has 0 amide bonds. The number of imidazole rings is 1. The number of ether oxygens (including phenoxy) is 1. The van der Waals surface area contributed by atoms with Crippen LogP contribution >= 0.6 is 23.1 Å². The molecule has 13 heteroatoms. The number of anilines is 2. The van der Waals surface area contributed by atoms with Crippen molar-refractivity contribution >= 4 is 45.2 Å². The Balaban J connectivity index is 1.54. The summed E-state index contributed by atoms with van der Waals surface area (Å²) >= 11 is 2.60. The molecule has 25 heavy (non-hydrogen) atoms. The first kappa shape index (κ1) is 16.4. The minimum atomic E-state index is -1.14. The minimum Gasteiger partial charge on any atom is -0.387 e. The summed E-state index contributed by atoms with van der Waals surface area (Å²) in [6.45, 7) is 0. The number of rotatable bonds is 4. The van der Waals surface area contributed by atoms with Gasteiger partial charge in [-0.15, -0.1) is 10.2 Å². The lowest BCUT2D eigenvalue weighted by atomic mass is 10.1. The van der Waals surface area contributed by atoms with Crippen LogP contribution in [-0.2, 0) is 4.74 Å². The van der Waals surface area contributed by atoms with Gasteiger partial charge in [0.05, 0.1) is 12.4 Å². The first-order valence-electron chi connectivity index (χ1n) is 7.21. The number of nitrogen functional groups attached to an aromatic ring is 2. The van der Waals surface area contributed by atoms with Crippen molar-refractivity contribution in [2.24, 2.45) is 0 Å². The van der Waals surface area contributed by atoms with Crippen LogP contribution in [0.25, 0.3) is 11.2 Å². The summed E-state index contributed by atoms with van der Waals surface area (Å²) in [5, 5.41) is 28.7. The summed E-state index contributed by atoms with van der Waals surface area (Å²) in [4.78, 5) is 12.2. The van der Waals surface area contributed by atoms with E-state index < -0.39 is 24.5 Å². The van der Waals surface area contributed by atoms with E-state index in [1.807, 2.05) is 0 Å². The van der Waals surface area contributed by atoms with Crippen LogP contribution in [0.2, 0.25) is 0 Å². The Kier molecular flexibility index (Phi) is 4.16. The van der Waals surface area contributed by atoms with Crippen molar-refractivity contribution in [1.29, 1.82) is 0 Å². The fraction of sp³-hybridized carbons (Fsp3) is 0.417. The number of nitrogens with zero attached hydrogens (tertiary/aromatic N) is 6. The second-order valence-corrected chi connectivity index (χ2v) is 7.62. The Labute approximate surface area is 149 Å². The minimum absolute atomic E-state index is 0.234. The zero-order valence-electron chi connectivity index (χ0n) is 12.6. The monoisotopic (exact) mass is 382 g/mol. The number of nitrogens with two attached hydrogens (primary N) is 2. The highest BCUT2D eigenvalue weighted by Gasteiger charge is 2.44. The van der Waals surface area contributed by atoms with Gasteiger partial charge in [0.15, 0.2) is 22.0 Å². The van der Waals surface area contributed by atoms with Crippen molar-refractivity contribution in [2.45, 2.75) is 28.9 Å². The van der Waals surface area contributed by atoms with E-state index in [9.17, 15) is 10.2 Å². The fourth-order valence-electron chi connectivity index (χ4n) is 2.59. The summed E-state index contributed by atoms with van der Waals surface area (Å²) < 4.78 is 8.04. The maximum Gasteiger partial charge on any atom is 0.203 e. The maximum absolute atomic E-state index is 10.4. The topological polar surface area (TPSA) is 171 Å². The summed E-state index contributed by atoms with van der Waals surface area (Å²) in [5.74, 6) is 0.616. The molecule has 1 saturated heterocycles. The Morgan fingerprint density at radius 2 is 2.04 bits per heavy atom. The van der Waals surface area contributed by atoms with Gasteiger partial charge in [0.2, 0.25) is 5.13 Å². The van der Waals surface area contributed by atoms with Crippen LogP contribution in [0.5, 0.6) is 0 Å². The molecule has 0 spiro atoms. The fourth-order valence-corrected chi connectivity index (χ4v) is 4.30. The molecule has 132 valence electrons. The Morgan fingerprint density at radius 3 is 2.80 bits per heavy atom. The second kappa shape index (κ2) is 6.34. The van der Waals surface area contributed by atoms with Crippen LogP contribution in [0.4, 0.5) is 10.9 Å².